The SMILES string of the molecule is CC(=O)OC(C)(C)C(C)CCC(C)C1CCC2C3CC(=O)C4(O)CC(=O)CCC4(C)C3CCC12C. The lowest BCUT2D eigenvalue weighted by Gasteiger charge is -2.62. The molecule has 0 aliphatic heterocycles. The summed E-state index contributed by atoms with van der Waals surface area (Å²) in [7, 11) is 0. The molecule has 0 amide bonds. The van der Waals surface area contributed by atoms with Crippen molar-refractivity contribution in [1.29, 1.82) is 0 Å². The molecule has 198 valence electrons. The topological polar surface area (TPSA) is 80.7 Å². The third-order valence-electron chi connectivity index (χ3n) is 11.9. The molecular formula is C30H48O5. The molecule has 4 fully saturated rings. The van der Waals surface area contributed by atoms with E-state index < -0.39 is 16.6 Å². The standard InChI is InChI=1S/C30H48O5/c1-18(8-9-19(2)27(4,5)35-20(3)31)23-10-11-24-22-16-26(33)30(34)17-21(32)12-15-29(30,7)25(22)13-14-28(23,24)6/h18-19,22-25,34H,8-17H2,1-7H3. The molecule has 0 aromatic carbocycles. The molecule has 4 saturated carbocycles. The van der Waals surface area contributed by atoms with E-state index in [1.165, 1.54) is 19.8 Å². The molecule has 0 bridgehead atoms. The highest BCUT2D eigenvalue weighted by atomic mass is 16.6. The van der Waals surface area contributed by atoms with Crippen molar-refractivity contribution in [3.8, 4) is 0 Å². The number of fused-ring (bicyclic) bond motifs is 5. The van der Waals surface area contributed by atoms with Crippen molar-refractivity contribution in [3.05, 3.63) is 0 Å². The van der Waals surface area contributed by atoms with Gasteiger partial charge in [-0.2, -0.15) is 0 Å². The fourth-order valence-corrected chi connectivity index (χ4v) is 9.34. The average molecular weight is 489 g/mol. The summed E-state index contributed by atoms with van der Waals surface area (Å²) in [4.78, 5) is 37.1. The zero-order valence-corrected chi connectivity index (χ0v) is 23.1. The Bertz CT molecular complexity index is 878. The van der Waals surface area contributed by atoms with Gasteiger partial charge in [0.25, 0.3) is 0 Å². The number of hydrogen-bond acceptors (Lipinski definition) is 5. The van der Waals surface area contributed by atoms with E-state index in [0.717, 1.165) is 25.7 Å². The molecule has 0 spiro atoms. The van der Waals surface area contributed by atoms with Crippen molar-refractivity contribution >= 4 is 17.5 Å². The van der Waals surface area contributed by atoms with Crippen LogP contribution in [0.15, 0.2) is 0 Å². The minimum absolute atomic E-state index is 0.0228. The Balaban J connectivity index is 1.47. The van der Waals surface area contributed by atoms with E-state index in [2.05, 4.69) is 27.7 Å². The van der Waals surface area contributed by atoms with Crippen LogP contribution < -0.4 is 0 Å². The van der Waals surface area contributed by atoms with Crippen LogP contribution in [0.2, 0.25) is 0 Å². The lowest BCUT2D eigenvalue weighted by atomic mass is 9.42. The first-order chi connectivity index (χ1) is 16.2. The van der Waals surface area contributed by atoms with Gasteiger partial charge in [0.05, 0.1) is 0 Å². The van der Waals surface area contributed by atoms with E-state index in [1.54, 1.807) is 0 Å². The summed E-state index contributed by atoms with van der Waals surface area (Å²) in [6.07, 6.45) is 8.34. The monoisotopic (exact) mass is 488 g/mol. The molecule has 9 unspecified atom stereocenters. The fourth-order valence-electron chi connectivity index (χ4n) is 9.34. The summed E-state index contributed by atoms with van der Waals surface area (Å²) in [5.41, 5.74) is -2.15. The highest BCUT2D eigenvalue weighted by molar-refractivity contribution is 5.96. The van der Waals surface area contributed by atoms with Crippen molar-refractivity contribution in [3.63, 3.8) is 0 Å². The minimum atomic E-state index is -1.45. The van der Waals surface area contributed by atoms with E-state index in [-0.39, 0.29) is 35.3 Å². The van der Waals surface area contributed by atoms with Crippen LogP contribution >= 0.6 is 0 Å². The van der Waals surface area contributed by atoms with Crippen molar-refractivity contribution in [2.45, 2.75) is 124 Å². The molecule has 35 heavy (non-hydrogen) atoms. The van der Waals surface area contributed by atoms with E-state index in [1.807, 2.05) is 13.8 Å². The van der Waals surface area contributed by atoms with Gasteiger partial charge in [-0.1, -0.05) is 34.1 Å². The summed E-state index contributed by atoms with van der Waals surface area (Å²) in [6.45, 7) is 14.7. The van der Waals surface area contributed by atoms with Crippen LogP contribution in [0.1, 0.15) is 113 Å². The molecule has 0 aromatic rings. The maximum absolute atomic E-state index is 13.4. The number of aliphatic hydroxyl groups is 1. The number of Topliss-reactive ketones (excluding diaryl/α,β-unsaturated/α-hetero) is 2. The fraction of sp³-hybridized carbons (Fsp3) is 0.900. The summed E-state index contributed by atoms with van der Waals surface area (Å²) in [5, 5.41) is 11.5. The second-order valence-electron chi connectivity index (χ2n) is 13.9. The van der Waals surface area contributed by atoms with E-state index in [9.17, 15) is 19.5 Å². The van der Waals surface area contributed by atoms with Crippen LogP contribution in [0.4, 0.5) is 0 Å². The van der Waals surface area contributed by atoms with Crippen LogP contribution in [0.25, 0.3) is 0 Å². The molecule has 9 atom stereocenters. The maximum Gasteiger partial charge on any atom is 0.303 e. The van der Waals surface area contributed by atoms with E-state index in [4.69, 9.17) is 4.74 Å². The second kappa shape index (κ2) is 8.96. The summed E-state index contributed by atoms with van der Waals surface area (Å²) >= 11 is 0. The van der Waals surface area contributed by atoms with Gasteiger partial charge in [0.1, 0.15) is 17.0 Å². The molecule has 4 aliphatic rings. The Labute approximate surface area is 212 Å². The lowest BCUT2D eigenvalue weighted by Crippen LogP contribution is -2.66. The van der Waals surface area contributed by atoms with Gasteiger partial charge >= 0.3 is 5.97 Å². The molecular weight excluding hydrogens is 440 g/mol. The van der Waals surface area contributed by atoms with Crippen LogP contribution in [-0.2, 0) is 19.1 Å². The lowest BCUT2D eigenvalue weighted by molar-refractivity contribution is -0.203. The number of rotatable bonds is 6. The number of carbonyl (C=O) groups excluding carboxylic acids is 3. The predicted molar refractivity (Wildman–Crippen MR) is 135 cm³/mol. The number of carbonyl (C=O) groups is 3. The highest BCUT2D eigenvalue weighted by Crippen LogP contribution is 2.68. The Morgan fingerprint density at radius 3 is 2.43 bits per heavy atom. The zero-order chi connectivity index (χ0) is 26.0. The van der Waals surface area contributed by atoms with Gasteiger partial charge in [-0.25, -0.2) is 0 Å². The molecule has 0 heterocycles. The molecule has 1 N–H and O–H groups in total. The molecule has 0 saturated heterocycles. The van der Waals surface area contributed by atoms with E-state index in [0.29, 0.717) is 48.9 Å². The molecule has 4 rings (SSSR count). The van der Waals surface area contributed by atoms with Gasteiger partial charge < -0.3 is 9.84 Å². The maximum atomic E-state index is 13.4. The number of ether oxygens (including phenoxy) is 1. The van der Waals surface area contributed by atoms with Gasteiger partial charge in [0, 0.05) is 31.6 Å². The molecule has 4 aliphatic carbocycles. The van der Waals surface area contributed by atoms with Gasteiger partial charge in [-0.3, -0.25) is 14.4 Å². The summed E-state index contributed by atoms with van der Waals surface area (Å²) in [5.74, 6) is 2.43. The van der Waals surface area contributed by atoms with Crippen LogP contribution in [0.3, 0.4) is 0 Å². The largest absolute Gasteiger partial charge is 0.460 e. The third kappa shape index (κ3) is 4.22. The molecule has 0 aromatic heterocycles. The Kier molecular flexibility index (Phi) is 6.86. The van der Waals surface area contributed by atoms with Crippen LogP contribution in [0, 0.1) is 46.3 Å². The molecule has 0 radical (unpaired) electrons. The highest BCUT2D eigenvalue weighted by Gasteiger charge is 2.67. The average Bonchev–Trinajstić information content (AvgIpc) is 3.10. The Morgan fingerprint density at radius 1 is 1.09 bits per heavy atom. The second-order valence-corrected chi connectivity index (χ2v) is 13.9. The number of esters is 1. The zero-order valence-electron chi connectivity index (χ0n) is 23.1. The first-order valence-corrected chi connectivity index (χ1v) is 14.1. The number of ketones is 2. The van der Waals surface area contributed by atoms with Gasteiger partial charge in [-0.05, 0) is 93.3 Å². The van der Waals surface area contributed by atoms with Crippen LogP contribution in [-0.4, -0.2) is 33.8 Å². The molecule has 5 nitrogen and oxygen atoms in total. The summed E-state index contributed by atoms with van der Waals surface area (Å²) in [6, 6.07) is 0. The van der Waals surface area contributed by atoms with Crippen molar-refractivity contribution in [1.82, 2.24) is 0 Å². The van der Waals surface area contributed by atoms with Gasteiger partial charge in [0.15, 0.2) is 5.78 Å². The Morgan fingerprint density at radius 2 is 1.77 bits per heavy atom. The quantitative estimate of drug-likeness (QED) is 0.471. The van der Waals surface area contributed by atoms with Gasteiger partial charge in [0.2, 0.25) is 0 Å². The number of hydrogen-bond donors (Lipinski definition) is 1. The van der Waals surface area contributed by atoms with Crippen molar-refractivity contribution in [2.24, 2.45) is 46.3 Å². The van der Waals surface area contributed by atoms with Gasteiger partial charge in [-0.15, -0.1) is 0 Å². The summed E-state index contributed by atoms with van der Waals surface area (Å²) < 4.78 is 5.59. The van der Waals surface area contributed by atoms with Crippen molar-refractivity contribution < 1.29 is 24.2 Å². The minimum Gasteiger partial charge on any atom is -0.460 e. The predicted octanol–water partition coefficient (Wildman–Crippen LogP) is 5.90. The Hall–Kier alpha value is -1.23. The van der Waals surface area contributed by atoms with Crippen molar-refractivity contribution in [2.75, 3.05) is 0 Å². The first-order valence-electron chi connectivity index (χ1n) is 14.1. The van der Waals surface area contributed by atoms with E-state index >= 15 is 0 Å². The first kappa shape index (κ1) is 26.8. The third-order valence-corrected chi connectivity index (χ3v) is 11.9. The smallest absolute Gasteiger partial charge is 0.303 e. The molecule has 5 heteroatoms. The normalized spacial score (nSPS) is 43.1. The van der Waals surface area contributed by atoms with Crippen LogP contribution in [0.5, 0.6) is 0 Å².